The van der Waals surface area contributed by atoms with Crippen LogP contribution < -0.4 is 5.32 Å². The second kappa shape index (κ2) is 10.9. The van der Waals surface area contributed by atoms with Crippen molar-refractivity contribution in [2.45, 2.75) is 39.0 Å². The number of amides is 1. The molecule has 2 N–H and O–H groups in total. The molecule has 0 aliphatic heterocycles. The largest absolute Gasteiger partial charge is 0.396 e. The molecule has 16 heavy (non-hydrogen) atoms. The molecule has 0 fully saturated rings. The van der Waals surface area contributed by atoms with Gasteiger partial charge in [0.15, 0.2) is 0 Å². The van der Waals surface area contributed by atoms with Gasteiger partial charge in [-0.25, -0.2) is 0 Å². The van der Waals surface area contributed by atoms with Gasteiger partial charge < -0.3 is 15.2 Å². The lowest BCUT2D eigenvalue weighted by atomic mass is 10.1. The van der Waals surface area contributed by atoms with Gasteiger partial charge in [0.05, 0.1) is 0 Å². The van der Waals surface area contributed by atoms with Crippen molar-refractivity contribution in [1.82, 2.24) is 5.32 Å². The summed E-state index contributed by atoms with van der Waals surface area (Å²) in [6, 6.07) is 0. The van der Waals surface area contributed by atoms with E-state index in [4.69, 9.17) is 9.84 Å². The van der Waals surface area contributed by atoms with Gasteiger partial charge >= 0.3 is 0 Å². The SMILES string of the molecule is COCC(C)CC(=O)NCCCCCCO. The maximum atomic E-state index is 11.4. The first-order chi connectivity index (χ1) is 7.70. The molecule has 0 aliphatic carbocycles. The first kappa shape index (κ1) is 15.4. The molecule has 0 aliphatic rings. The van der Waals surface area contributed by atoms with Gasteiger partial charge in [0, 0.05) is 33.3 Å². The molecule has 0 saturated carbocycles. The van der Waals surface area contributed by atoms with Crippen LogP contribution >= 0.6 is 0 Å². The van der Waals surface area contributed by atoms with Crippen LogP contribution in [0.4, 0.5) is 0 Å². The smallest absolute Gasteiger partial charge is 0.220 e. The number of hydrogen-bond acceptors (Lipinski definition) is 3. The van der Waals surface area contributed by atoms with Gasteiger partial charge in [-0.1, -0.05) is 19.8 Å². The summed E-state index contributed by atoms with van der Waals surface area (Å²) in [5.74, 6) is 0.381. The van der Waals surface area contributed by atoms with Crippen LogP contribution in [0, 0.1) is 5.92 Å². The first-order valence-electron chi connectivity index (χ1n) is 6.07. The number of hydrogen-bond donors (Lipinski definition) is 2. The van der Waals surface area contributed by atoms with E-state index in [9.17, 15) is 4.79 Å². The zero-order valence-electron chi connectivity index (χ0n) is 10.5. The minimum absolute atomic E-state index is 0.103. The van der Waals surface area contributed by atoms with E-state index in [0.717, 1.165) is 32.2 Å². The molecule has 0 heterocycles. The van der Waals surface area contributed by atoms with Crippen molar-refractivity contribution in [3.8, 4) is 0 Å². The Morgan fingerprint density at radius 2 is 2.00 bits per heavy atom. The molecular weight excluding hydrogens is 206 g/mol. The van der Waals surface area contributed by atoms with Crippen molar-refractivity contribution in [2.24, 2.45) is 5.92 Å². The van der Waals surface area contributed by atoms with E-state index in [0.29, 0.717) is 13.0 Å². The highest BCUT2D eigenvalue weighted by Crippen LogP contribution is 2.02. The average molecular weight is 231 g/mol. The molecule has 96 valence electrons. The number of unbranched alkanes of at least 4 members (excludes halogenated alkanes) is 3. The van der Waals surface area contributed by atoms with Gasteiger partial charge in [-0.2, -0.15) is 0 Å². The van der Waals surface area contributed by atoms with Gasteiger partial charge in [-0.15, -0.1) is 0 Å². The van der Waals surface area contributed by atoms with Crippen LogP contribution in [0.5, 0.6) is 0 Å². The summed E-state index contributed by atoms with van der Waals surface area (Å²) >= 11 is 0. The van der Waals surface area contributed by atoms with Crippen LogP contribution in [0.2, 0.25) is 0 Å². The highest BCUT2D eigenvalue weighted by atomic mass is 16.5. The monoisotopic (exact) mass is 231 g/mol. The second-order valence-corrected chi connectivity index (χ2v) is 4.25. The maximum absolute atomic E-state index is 11.4. The van der Waals surface area contributed by atoms with E-state index >= 15 is 0 Å². The van der Waals surface area contributed by atoms with Crippen LogP contribution in [0.15, 0.2) is 0 Å². The van der Waals surface area contributed by atoms with Crippen molar-refractivity contribution in [3.63, 3.8) is 0 Å². The van der Waals surface area contributed by atoms with Crippen LogP contribution in [-0.4, -0.2) is 37.9 Å². The van der Waals surface area contributed by atoms with E-state index in [1.165, 1.54) is 0 Å². The van der Waals surface area contributed by atoms with E-state index in [1.807, 2.05) is 6.92 Å². The minimum atomic E-state index is 0.103. The molecule has 1 unspecified atom stereocenters. The normalized spacial score (nSPS) is 12.4. The molecule has 0 rings (SSSR count). The number of methoxy groups -OCH3 is 1. The third-order valence-corrected chi connectivity index (χ3v) is 2.39. The summed E-state index contributed by atoms with van der Waals surface area (Å²) in [6.45, 7) is 3.64. The van der Waals surface area contributed by atoms with Gasteiger partial charge in [0.25, 0.3) is 0 Å². The number of rotatable bonds is 10. The Morgan fingerprint density at radius 3 is 2.62 bits per heavy atom. The molecule has 1 amide bonds. The number of aliphatic hydroxyl groups is 1. The average Bonchev–Trinajstić information content (AvgIpc) is 2.23. The van der Waals surface area contributed by atoms with Crippen molar-refractivity contribution < 1.29 is 14.6 Å². The summed E-state index contributed by atoms with van der Waals surface area (Å²) in [5.41, 5.74) is 0. The lowest BCUT2D eigenvalue weighted by Crippen LogP contribution is -2.26. The summed E-state index contributed by atoms with van der Waals surface area (Å²) in [5, 5.41) is 11.5. The molecule has 4 heteroatoms. The maximum Gasteiger partial charge on any atom is 0.220 e. The van der Waals surface area contributed by atoms with Gasteiger partial charge in [-0.05, 0) is 18.8 Å². The molecular formula is C12H25NO3. The van der Waals surface area contributed by atoms with Crippen molar-refractivity contribution in [2.75, 3.05) is 26.9 Å². The van der Waals surface area contributed by atoms with Crippen LogP contribution in [0.25, 0.3) is 0 Å². The topological polar surface area (TPSA) is 58.6 Å². The molecule has 4 nitrogen and oxygen atoms in total. The Morgan fingerprint density at radius 1 is 1.31 bits per heavy atom. The molecule has 0 radical (unpaired) electrons. The van der Waals surface area contributed by atoms with Crippen molar-refractivity contribution in [3.05, 3.63) is 0 Å². The fourth-order valence-corrected chi connectivity index (χ4v) is 1.55. The summed E-state index contributed by atoms with van der Waals surface area (Å²) in [7, 11) is 1.65. The Bertz CT molecular complexity index is 174. The molecule has 0 aromatic heterocycles. The molecule has 1 atom stereocenters. The lowest BCUT2D eigenvalue weighted by Gasteiger charge is -2.10. The number of aliphatic hydroxyl groups excluding tert-OH is 1. The predicted octanol–water partition coefficient (Wildman–Crippen LogP) is 1.33. The predicted molar refractivity (Wildman–Crippen MR) is 64.2 cm³/mol. The number of ether oxygens (including phenoxy) is 1. The first-order valence-corrected chi connectivity index (χ1v) is 6.07. The van der Waals surface area contributed by atoms with Crippen LogP contribution in [0.1, 0.15) is 39.0 Å². The zero-order chi connectivity index (χ0) is 12.2. The zero-order valence-corrected chi connectivity index (χ0v) is 10.5. The molecule has 0 saturated heterocycles. The molecule has 0 bridgehead atoms. The highest BCUT2D eigenvalue weighted by molar-refractivity contribution is 5.76. The van der Waals surface area contributed by atoms with E-state index < -0.39 is 0 Å². The van der Waals surface area contributed by atoms with Crippen LogP contribution in [0.3, 0.4) is 0 Å². The lowest BCUT2D eigenvalue weighted by molar-refractivity contribution is -0.122. The second-order valence-electron chi connectivity index (χ2n) is 4.25. The Hall–Kier alpha value is -0.610. The molecule has 0 aromatic rings. The molecule has 0 aromatic carbocycles. The van der Waals surface area contributed by atoms with Crippen LogP contribution in [-0.2, 0) is 9.53 Å². The Labute approximate surface area is 98.4 Å². The number of nitrogens with one attached hydrogen (secondary N) is 1. The van der Waals surface area contributed by atoms with Gasteiger partial charge in [-0.3, -0.25) is 4.79 Å². The molecule has 0 spiro atoms. The van der Waals surface area contributed by atoms with Gasteiger partial charge in [0.1, 0.15) is 0 Å². The number of carbonyl (C=O) groups excluding carboxylic acids is 1. The fraction of sp³-hybridized carbons (Fsp3) is 0.917. The summed E-state index contributed by atoms with van der Waals surface area (Å²) in [4.78, 5) is 11.4. The van der Waals surface area contributed by atoms with Gasteiger partial charge in [0.2, 0.25) is 5.91 Å². The van der Waals surface area contributed by atoms with E-state index in [2.05, 4.69) is 5.32 Å². The fourth-order valence-electron chi connectivity index (χ4n) is 1.55. The summed E-state index contributed by atoms with van der Waals surface area (Å²) in [6.07, 6.45) is 4.48. The standard InChI is InChI=1S/C12H25NO3/c1-11(10-16-2)9-12(15)13-7-5-3-4-6-8-14/h11,14H,3-10H2,1-2H3,(H,13,15). The third-order valence-electron chi connectivity index (χ3n) is 2.39. The number of carbonyl (C=O) groups is 1. The van der Waals surface area contributed by atoms with E-state index in [-0.39, 0.29) is 18.4 Å². The Kier molecular flexibility index (Phi) is 10.5. The highest BCUT2D eigenvalue weighted by Gasteiger charge is 2.07. The van der Waals surface area contributed by atoms with E-state index in [1.54, 1.807) is 7.11 Å². The van der Waals surface area contributed by atoms with Crippen molar-refractivity contribution in [1.29, 1.82) is 0 Å². The third kappa shape index (κ3) is 9.93. The van der Waals surface area contributed by atoms with Crippen molar-refractivity contribution >= 4 is 5.91 Å². The minimum Gasteiger partial charge on any atom is -0.396 e. The summed E-state index contributed by atoms with van der Waals surface area (Å²) < 4.78 is 4.97. The quantitative estimate of drug-likeness (QED) is 0.558. The Balaban J connectivity index is 3.30.